The number of hydrogen-bond donors (Lipinski definition) is 1. The molecule has 168 valence electrons. The molecule has 1 saturated heterocycles. The molecule has 1 N–H and O–H groups in total. The number of hydrogen-bond acceptors (Lipinski definition) is 5. The van der Waals surface area contributed by atoms with E-state index < -0.39 is 17.2 Å². The molecule has 0 bridgehead atoms. The second-order valence-corrected chi connectivity index (χ2v) is 8.05. The first-order valence-corrected chi connectivity index (χ1v) is 10.4. The van der Waals surface area contributed by atoms with E-state index in [1.54, 1.807) is 31.3 Å². The summed E-state index contributed by atoms with van der Waals surface area (Å²) in [5.74, 6) is -2.17. The Morgan fingerprint density at radius 1 is 1.00 bits per heavy atom. The molecule has 2 aromatic carbocycles. The summed E-state index contributed by atoms with van der Waals surface area (Å²) < 4.78 is 30.3. The largest absolute Gasteiger partial charge is 0.477 e. The Morgan fingerprint density at radius 2 is 1.67 bits per heavy atom. The van der Waals surface area contributed by atoms with Crippen molar-refractivity contribution < 1.29 is 18.7 Å². The van der Waals surface area contributed by atoms with Crippen LogP contribution in [0.25, 0.3) is 21.8 Å². The Balaban J connectivity index is 1.52. The van der Waals surface area contributed by atoms with E-state index in [-0.39, 0.29) is 27.7 Å². The second-order valence-electron chi connectivity index (χ2n) is 8.05. The number of aromatic carboxylic acids is 1. The number of rotatable bonds is 3. The summed E-state index contributed by atoms with van der Waals surface area (Å²) in [6.45, 7) is 2.38. The maximum atomic E-state index is 15.6. The number of fused-ring (bicyclic) bond motifs is 3. The molecule has 33 heavy (non-hydrogen) atoms. The Kier molecular flexibility index (Phi) is 4.96. The van der Waals surface area contributed by atoms with Gasteiger partial charge in [-0.1, -0.05) is 0 Å². The molecular formula is C24H20F2N4O3. The zero-order valence-corrected chi connectivity index (χ0v) is 17.8. The number of aromatic nitrogens is 2. The molecule has 9 heteroatoms. The Labute approximate surface area is 187 Å². The zero-order chi connectivity index (χ0) is 23.3. The van der Waals surface area contributed by atoms with Gasteiger partial charge in [0.05, 0.1) is 22.8 Å². The van der Waals surface area contributed by atoms with Crippen LogP contribution in [0.1, 0.15) is 10.4 Å². The van der Waals surface area contributed by atoms with Gasteiger partial charge in [0.2, 0.25) is 5.43 Å². The van der Waals surface area contributed by atoms with Gasteiger partial charge < -0.3 is 19.5 Å². The first kappa shape index (κ1) is 20.9. The molecule has 4 aromatic rings. The van der Waals surface area contributed by atoms with E-state index in [9.17, 15) is 19.1 Å². The molecule has 5 rings (SSSR count). The molecule has 3 heterocycles. The summed E-state index contributed by atoms with van der Waals surface area (Å²) in [6.07, 6.45) is 2.63. The summed E-state index contributed by atoms with van der Waals surface area (Å²) in [6, 6.07) is 9.52. The minimum Gasteiger partial charge on any atom is -0.477 e. The number of carboxylic acid groups (broad SMARTS) is 1. The SMILES string of the molecule is Cn1cc(C(=O)O)c(=O)c2c3ccc(N4CCN(c5ccc(F)cc5)CC4)c(F)c3ncc21. The lowest BCUT2D eigenvalue weighted by Gasteiger charge is -2.37. The van der Waals surface area contributed by atoms with Crippen LogP contribution in [-0.2, 0) is 7.05 Å². The molecule has 1 aliphatic heterocycles. The second kappa shape index (κ2) is 7.84. The van der Waals surface area contributed by atoms with E-state index in [0.29, 0.717) is 37.4 Å². The van der Waals surface area contributed by atoms with Crippen LogP contribution in [0.2, 0.25) is 0 Å². The summed E-state index contributed by atoms with van der Waals surface area (Å²) in [5.41, 5.74) is 0.702. The maximum Gasteiger partial charge on any atom is 0.341 e. The number of pyridine rings is 2. The highest BCUT2D eigenvalue weighted by molar-refractivity contribution is 6.07. The lowest BCUT2D eigenvalue weighted by Crippen LogP contribution is -2.46. The predicted octanol–water partition coefficient (Wildman–Crippen LogP) is 3.39. The number of anilines is 2. The first-order valence-electron chi connectivity index (χ1n) is 10.4. The fraction of sp³-hybridized carbons (Fsp3) is 0.208. The molecule has 0 atom stereocenters. The van der Waals surface area contributed by atoms with Crippen molar-refractivity contribution in [3.05, 3.63) is 76.2 Å². The monoisotopic (exact) mass is 450 g/mol. The highest BCUT2D eigenvalue weighted by atomic mass is 19.1. The first-order chi connectivity index (χ1) is 15.8. The van der Waals surface area contributed by atoms with Crippen LogP contribution in [0, 0.1) is 11.6 Å². The van der Waals surface area contributed by atoms with Gasteiger partial charge in [-0.2, -0.15) is 0 Å². The van der Waals surface area contributed by atoms with Gasteiger partial charge in [-0.3, -0.25) is 9.78 Å². The van der Waals surface area contributed by atoms with Crippen molar-refractivity contribution in [2.75, 3.05) is 36.0 Å². The van der Waals surface area contributed by atoms with Crippen LogP contribution in [0.3, 0.4) is 0 Å². The number of carboxylic acids is 1. The van der Waals surface area contributed by atoms with E-state index in [4.69, 9.17) is 0 Å². The highest BCUT2D eigenvalue weighted by Crippen LogP contribution is 2.31. The van der Waals surface area contributed by atoms with Gasteiger partial charge in [-0.05, 0) is 36.4 Å². The predicted molar refractivity (Wildman–Crippen MR) is 122 cm³/mol. The lowest BCUT2D eigenvalue weighted by molar-refractivity contribution is 0.0695. The van der Waals surface area contributed by atoms with Crippen LogP contribution in [-0.4, -0.2) is 46.8 Å². The fourth-order valence-electron chi connectivity index (χ4n) is 4.43. The summed E-state index contributed by atoms with van der Waals surface area (Å²) in [4.78, 5) is 32.6. The molecule has 7 nitrogen and oxygen atoms in total. The molecule has 0 radical (unpaired) electrons. The van der Waals surface area contributed by atoms with Crippen LogP contribution in [0.4, 0.5) is 20.2 Å². The molecule has 0 unspecified atom stereocenters. The van der Waals surface area contributed by atoms with E-state index in [0.717, 1.165) is 5.69 Å². The molecule has 0 spiro atoms. The van der Waals surface area contributed by atoms with Crippen LogP contribution in [0.15, 0.2) is 53.6 Å². The normalized spacial score (nSPS) is 14.3. The average molecular weight is 450 g/mol. The van der Waals surface area contributed by atoms with Crippen molar-refractivity contribution in [3.8, 4) is 0 Å². The summed E-state index contributed by atoms with van der Waals surface area (Å²) >= 11 is 0. The third kappa shape index (κ3) is 3.45. The van der Waals surface area contributed by atoms with Gasteiger partial charge >= 0.3 is 5.97 Å². The summed E-state index contributed by atoms with van der Waals surface area (Å²) in [7, 11) is 1.62. The molecule has 0 saturated carbocycles. The van der Waals surface area contributed by atoms with Gasteiger partial charge in [0, 0.05) is 50.5 Å². The van der Waals surface area contributed by atoms with Gasteiger partial charge in [-0.15, -0.1) is 0 Å². The zero-order valence-electron chi connectivity index (χ0n) is 17.8. The Hall–Kier alpha value is -4.01. The molecule has 1 aliphatic rings. The van der Waals surface area contributed by atoms with Crippen molar-refractivity contribution in [2.45, 2.75) is 0 Å². The van der Waals surface area contributed by atoms with E-state index in [2.05, 4.69) is 9.88 Å². The van der Waals surface area contributed by atoms with Gasteiger partial charge in [0.15, 0.2) is 5.82 Å². The summed E-state index contributed by atoms with van der Waals surface area (Å²) in [5, 5.41) is 9.79. The lowest BCUT2D eigenvalue weighted by atomic mass is 10.1. The number of nitrogens with zero attached hydrogens (tertiary/aromatic N) is 4. The molecule has 0 aliphatic carbocycles. The van der Waals surface area contributed by atoms with Crippen LogP contribution in [0.5, 0.6) is 0 Å². The molecular weight excluding hydrogens is 430 g/mol. The number of aryl methyl sites for hydroxylation is 1. The van der Waals surface area contributed by atoms with Crippen molar-refractivity contribution in [2.24, 2.45) is 7.05 Å². The quantitative estimate of drug-likeness (QED) is 0.482. The van der Waals surface area contributed by atoms with Crippen molar-refractivity contribution >= 4 is 39.1 Å². The number of halogens is 2. The molecule has 2 aromatic heterocycles. The van der Waals surface area contributed by atoms with Gasteiger partial charge in [-0.25, -0.2) is 13.6 Å². The highest BCUT2D eigenvalue weighted by Gasteiger charge is 2.23. The van der Waals surface area contributed by atoms with Crippen LogP contribution < -0.4 is 15.2 Å². The minimum atomic E-state index is -1.33. The average Bonchev–Trinajstić information content (AvgIpc) is 2.81. The number of piperazine rings is 1. The maximum absolute atomic E-state index is 15.6. The third-order valence-electron chi connectivity index (χ3n) is 6.15. The van der Waals surface area contributed by atoms with E-state index in [1.165, 1.54) is 29.1 Å². The molecule has 1 fully saturated rings. The Bertz CT molecular complexity index is 1460. The van der Waals surface area contributed by atoms with E-state index >= 15 is 4.39 Å². The Morgan fingerprint density at radius 3 is 2.33 bits per heavy atom. The smallest absolute Gasteiger partial charge is 0.341 e. The van der Waals surface area contributed by atoms with Crippen molar-refractivity contribution in [1.82, 2.24) is 9.55 Å². The van der Waals surface area contributed by atoms with Crippen LogP contribution >= 0.6 is 0 Å². The van der Waals surface area contributed by atoms with Gasteiger partial charge in [0.1, 0.15) is 16.9 Å². The number of carbonyl (C=O) groups is 1. The molecule has 0 amide bonds. The van der Waals surface area contributed by atoms with Crippen molar-refractivity contribution in [3.63, 3.8) is 0 Å². The third-order valence-corrected chi connectivity index (χ3v) is 6.15. The topological polar surface area (TPSA) is 78.7 Å². The minimum absolute atomic E-state index is 0.0283. The standard InChI is InChI=1S/C24H20F2N4O3/c1-28-13-17(24(32)33)23(31)20-16-6-7-18(21(26)22(16)27-12-19(20)28)30-10-8-29(9-11-30)15-4-2-14(25)3-5-15/h2-7,12-13H,8-11H2,1H3,(H,32,33). The van der Waals surface area contributed by atoms with Crippen molar-refractivity contribution in [1.29, 1.82) is 0 Å². The fourth-order valence-corrected chi connectivity index (χ4v) is 4.43. The number of benzene rings is 2. The van der Waals surface area contributed by atoms with E-state index in [1.807, 2.05) is 4.90 Å². The van der Waals surface area contributed by atoms with Gasteiger partial charge in [0.25, 0.3) is 0 Å².